The first-order valence-electron chi connectivity index (χ1n) is 4.26. The molecule has 0 radical (unpaired) electrons. The van der Waals surface area contributed by atoms with Crippen LogP contribution in [0.5, 0.6) is 0 Å². The maximum absolute atomic E-state index is 11.3. The summed E-state index contributed by atoms with van der Waals surface area (Å²) in [5.74, 6) is 0.871. The summed E-state index contributed by atoms with van der Waals surface area (Å²) in [6.07, 6.45) is 3.85. The van der Waals surface area contributed by atoms with E-state index in [9.17, 15) is 4.79 Å². The van der Waals surface area contributed by atoms with E-state index in [2.05, 4.69) is 11.1 Å². The minimum atomic E-state index is -0.0855. The van der Waals surface area contributed by atoms with Gasteiger partial charge in [-0.15, -0.1) is 0 Å². The monoisotopic (exact) mass is 180 g/mol. The maximum Gasteiger partial charge on any atom is 0.326 e. The van der Waals surface area contributed by atoms with Gasteiger partial charge in [-0.2, -0.15) is 0 Å². The molecule has 4 nitrogen and oxygen atoms in total. The van der Waals surface area contributed by atoms with Gasteiger partial charge in [-0.3, -0.25) is 4.57 Å². The smallest absolute Gasteiger partial charge is 0.326 e. The zero-order chi connectivity index (χ0) is 9.42. The second-order valence-corrected chi connectivity index (χ2v) is 3.12. The number of fused-ring (bicyclic) bond motifs is 1. The fourth-order valence-corrected chi connectivity index (χ4v) is 1.65. The summed E-state index contributed by atoms with van der Waals surface area (Å²) >= 11 is 0. The van der Waals surface area contributed by atoms with Crippen LogP contribution < -0.4 is 16.4 Å². The predicted molar refractivity (Wildman–Crippen MR) is 49.4 cm³/mol. The van der Waals surface area contributed by atoms with Crippen molar-refractivity contribution in [3.05, 3.63) is 21.2 Å². The van der Waals surface area contributed by atoms with Crippen LogP contribution in [-0.2, 0) is 11.8 Å². The Morgan fingerprint density at radius 3 is 3.08 bits per heavy atom. The van der Waals surface area contributed by atoms with Crippen LogP contribution in [-0.4, -0.2) is 16.7 Å². The molecule has 0 unspecified atom stereocenters. The second kappa shape index (κ2) is 2.80. The predicted octanol–water partition coefficient (Wildman–Crippen LogP) is -0.958. The number of hydrogen-bond donors (Lipinski definition) is 1. The standard InChI is InChI=1S/C9H12N2O2/c1-11-6-4-3-5-7(13-2)8(6)10-9(11)12/h4H,3,5H2,1-2H3,(H,10,12). The molecule has 1 aliphatic rings. The average molecular weight is 180 g/mol. The highest BCUT2D eigenvalue weighted by Gasteiger charge is 2.08. The van der Waals surface area contributed by atoms with Crippen molar-refractivity contribution in [1.29, 1.82) is 0 Å². The number of imidazole rings is 1. The van der Waals surface area contributed by atoms with E-state index in [0.29, 0.717) is 0 Å². The first-order chi connectivity index (χ1) is 6.24. The molecule has 0 amide bonds. The van der Waals surface area contributed by atoms with Gasteiger partial charge in [-0.25, -0.2) is 4.79 Å². The van der Waals surface area contributed by atoms with E-state index in [1.165, 1.54) is 0 Å². The summed E-state index contributed by atoms with van der Waals surface area (Å²) < 4.78 is 6.80. The average Bonchev–Trinajstić information content (AvgIpc) is 2.43. The van der Waals surface area contributed by atoms with E-state index in [4.69, 9.17) is 4.74 Å². The molecule has 0 aliphatic heterocycles. The summed E-state index contributed by atoms with van der Waals surface area (Å²) in [5.41, 5.74) is -0.0855. The minimum absolute atomic E-state index is 0.0855. The molecule has 2 rings (SSSR count). The molecule has 0 saturated carbocycles. The van der Waals surface area contributed by atoms with Gasteiger partial charge in [0.25, 0.3) is 0 Å². The number of hydrogen-bond acceptors (Lipinski definition) is 2. The minimum Gasteiger partial charge on any atom is -0.499 e. The van der Waals surface area contributed by atoms with E-state index in [-0.39, 0.29) is 5.69 Å². The topological polar surface area (TPSA) is 47.0 Å². The number of methoxy groups -OCH3 is 1. The summed E-state index contributed by atoms with van der Waals surface area (Å²) in [6, 6.07) is 0. The molecular weight excluding hydrogens is 168 g/mol. The largest absolute Gasteiger partial charge is 0.499 e. The van der Waals surface area contributed by atoms with Crippen LogP contribution in [0, 0.1) is 0 Å². The number of ether oxygens (including phenoxy) is 1. The fourth-order valence-electron chi connectivity index (χ4n) is 1.65. The lowest BCUT2D eigenvalue weighted by molar-refractivity contribution is 0.347. The van der Waals surface area contributed by atoms with Crippen molar-refractivity contribution in [3.8, 4) is 0 Å². The molecule has 70 valence electrons. The lowest BCUT2D eigenvalue weighted by Crippen LogP contribution is -2.34. The lowest BCUT2D eigenvalue weighted by Gasteiger charge is -2.06. The molecule has 1 aliphatic carbocycles. The number of nitrogens with one attached hydrogen (secondary N) is 1. The molecule has 0 fully saturated rings. The third-order valence-corrected chi connectivity index (χ3v) is 2.39. The zero-order valence-corrected chi connectivity index (χ0v) is 7.76. The molecule has 4 heteroatoms. The number of aromatic amines is 1. The summed E-state index contributed by atoms with van der Waals surface area (Å²) in [5, 5.41) is 1.77. The van der Waals surface area contributed by atoms with Crippen molar-refractivity contribution in [1.82, 2.24) is 9.55 Å². The van der Waals surface area contributed by atoms with Gasteiger partial charge in [0.1, 0.15) is 11.1 Å². The van der Waals surface area contributed by atoms with Crippen molar-refractivity contribution in [2.24, 2.45) is 7.05 Å². The van der Waals surface area contributed by atoms with Gasteiger partial charge in [0.05, 0.1) is 12.5 Å². The zero-order valence-electron chi connectivity index (χ0n) is 7.76. The van der Waals surface area contributed by atoms with Crippen molar-refractivity contribution in [2.45, 2.75) is 12.8 Å². The Morgan fingerprint density at radius 2 is 2.38 bits per heavy atom. The summed E-state index contributed by atoms with van der Waals surface area (Å²) in [4.78, 5) is 14.1. The molecule has 1 heterocycles. The van der Waals surface area contributed by atoms with E-state index in [1.54, 1.807) is 18.7 Å². The van der Waals surface area contributed by atoms with Crippen LogP contribution in [0.25, 0.3) is 11.8 Å². The van der Waals surface area contributed by atoms with Gasteiger partial charge in [0, 0.05) is 13.5 Å². The first-order valence-corrected chi connectivity index (χ1v) is 4.26. The number of aromatic nitrogens is 2. The van der Waals surface area contributed by atoms with Gasteiger partial charge in [-0.05, 0) is 6.42 Å². The van der Waals surface area contributed by atoms with Crippen LogP contribution in [0.15, 0.2) is 4.79 Å². The molecule has 0 bridgehead atoms. The Labute approximate surface area is 75.1 Å². The Kier molecular flexibility index (Phi) is 1.76. The Morgan fingerprint density at radius 1 is 1.62 bits per heavy atom. The second-order valence-electron chi connectivity index (χ2n) is 3.12. The third kappa shape index (κ3) is 1.09. The van der Waals surface area contributed by atoms with Crippen LogP contribution in [0.3, 0.4) is 0 Å². The van der Waals surface area contributed by atoms with Crippen LogP contribution in [0.4, 0.5) is 0 Å². The van der Waals surface area contributed by atoms with E-state index < -0.39 is 0 Å². The first kappa shape index (κ1) is 8.16. The highest BCUT2D eigenvalue weighted by molar-refractivity contribution is 5.41. The number of nitrogens with zero attached hydrogens (tertiary/aromatic N) is 1. The molecular formula is C9H12N2O2. The van der Waals surface area contributed by atoms with Gasteiger partial charge in [0.15, 0.2) is 0 Å². The molecule has 13 heavy (non-hydrogen) atoms. The SMILES string of the molecule is COC1=c2[nH]c(=O)n(C)c2=CCC1. The van der Waals surface area contributed by atoms with Crippen molar-refractivity contribution in [3.63, 3.8) is 0 Å². The van der Waals surface area contributed by atoms with Crippen LogP contribution in [0.2, 0.25) is 0 Å². The van der Waals surface area contributed by atoms with Crippen molar-refractivity contribution in [2.75, 3.05) is 7.11 Å². The van der Waals surface area contributed by atoms with Crippen LogP contribution >= 0.6 is 0 Å². The van der Waals surface area contributed by atoms with Gasteiger partial charge >= 0.3 is 5.69 Å². The van der Waals surface area contributed by atoms with Crippen molar-refractivity contribution >= 4 is 11.8 Å². The molecule has 0 saturated heterocycles. The number of H-pyrrole nitrogens is 1. The molecule has 0 atom stereocenters. The Balaban J connectivity index is 2.93. The van der Waals surface area contributed by atoms with E-state index >= 15 is 0 Å². The number of rotatable bonds is 1. The molecule has 0 aromatic carbocycles. The highest BCUT2D eigenvalue weighted by atomic mass is 16.5. The maximum atomic E-state index is 11.3. The van der Waals surface area contributed by atoms with Gasteiger partial charge in [0.2, 0.25) is 0 Å². The molecule has 0 spiro atoms. The van der Waals surface area contributed by atoms with Crippen molar-refractivity contribution < 1.29 is 4.74 Å². The molecule has 1 N–H and O–H groups in total. The quantitative estimate of drug-likeness (QED) is 0.605. The fraction of sp³-hybridized carbons (Fsp3) is 0.444. The van der Waals surface area contributed by atoms with E-state index in [1.807, 2.05) is 0 Å². The van der Waals surface area contributed by atoms with Gasteiger partial charge in [-0.1, -0.05) is 6.08 Å². The third-order valence-electron chi connectivity index (χ3n) is 2.39. The van der Waals surface area contributed by atoms with E-state index in [0.717, 1.165) is 29.3 Å². The lowest BCUT2D eigenvalue weighted by atomic mass is 10.2. The summed E-state index contributed by atoms with van der Waals surface area (Å²) in [6.45, 7) is 0. The van der Waals surface area contributed by atoms with Gasteiger partial charge < -0.3 is 9.72 Å². The molecule has 1 aromatic rings. The highest BCUT2D eigenvalue weighted by Crippen LogP contribution is 2.06. The Bertz CT molecular complexity index is 493. The Hall–Kier alpha value is -1.45. The van der Waals surface area contributed by atoms with Crippen LogP contribution in [0.1, 0.15) is 12.8 Å². The normalized spacial score (nSPS) is 15.1. The summed E-state index contributed by atoms with van der Waals surface area (Å²) in [7, 11) is 3.39. The molecule has 1 aromatic heterocycles.